The summed E-state index contributed by atoms with van der Waals surface area (Å²) < 4.78 is 6.90. The van der Waals surface area contributed by atoms with Crippen LogP contribution in [0.1, 0.15) is 50.1 Å². The summed E-state index contributed by atoms with van der Waals surface area (Å²) >= 11 is 0. The Bertz CT molecular complexity index is 633. The van der Waals surface area contributed by atoms with E-state index in [4.69, 9.17) is 4.52 Å². The first-order valence-electron chi connectivity index (χ1n) is 7.45. The van der Waals surface area contributed by atoms with Crippen LogP contribution >= 0.6 is 0 Å². The van der Waals surface area contributed by atoms with E-state index in [0.29, 0.717) is 24.0 Å². The SMILES string of the molecule is CCCn1nc(C)cc1NC(=O)NC(CC)c1nc(C)no1. The lowest BCUT2D eigenvalue weighted by Crippen LogP contribution is -2.33. The quantitative estimate of drug-likeness (QED) is 0.854. The van der Waals surface area contributed by atoms with Crippen LogP contribution in [0.3, 0.4) is 0 Å². The highest BCUT2D eigenvalue weighted by Crippen LogP contribution is 2.15. The number of aromatic nitrogens is 4. The number of carbonyl (C=O) groups excluding carboxylic acids is 1. The number of urea groups is 1. The molecular weight excluding hydrogens is 284 g/mol. The first-order valence-corrected chi connectivity index (χ1v) is 7.45. The van der Waals surface area contributed by atoms with E-state index in [9.17, 15) is 4.79 Å². The number of nitrogens with one attached hydrogen (secondary N) is 2. The minimum Gasteiger partial charge on any atom is -0.337 e. The fourth-order valence-electron chi connectivity index (χ4n) is 2.13. The van der Waals surface area contributed by atoms with Crippen molar-refractivity contribution >= 4 is 11.8 Å². The van der Waals surface area contributed by atoms with Gasteiger partial charge < -0.3 is 9.84 Å². The van der Waals surface area contributed by atoms with Crippen LogP contribution < -0.4 is 10.6 Å². The van der Waals surface area contributed by atoms with Crippen LogP contribution in [0.15, 0.2) is 10.6 Å². The van der Waals surface area contributed by atoms with Gasteiger partial charge in [0.2, 0.25) is 5.89 Å². The van der Waals surface area contributed by atoms with Crippen molar-refractivity contribution in [1.29, 1.82) is 0 Å². The van der Waals surface area contributed by atoms with Crippen LogP contribution in [-0.4, -0.2) is 26.0 Å². The molecule has 1 unspecified atom stereocenters. The number of hydrogen-bond donors (Lipinski definition) is 2. The summed E-state index contributed by atoms with van der Waals surface area (Å²) in [6.45, 7) is 8.39. The third kappa shape index (κ3) is 3.84. The van der Waals surface area contributed by atoms with Crippen LogP contribution in [0.5, 0.6) is 0 Å². The molecule has 0 radical (unpaired) electrons. The van der Waals surface area contributed by atoms with Gasteiger partial charge in [0.1, 0.15) is 11.9 Å². The predicted octanol–water partition coefficient (Wildman–Crippen LogP) is 2.57. The molecule has 0 aliphatic rings. The fraction of sp³-hybridized carbons (Fsp3) is 0.571. The molecule has 0 aromatic carbocycles. The standard InChI is InChI=1S/C14H22N6O2/c1-5-7-20-12(8-9(3)18-20)17-14(21)16-11(6-2)13-15-10(4)19-22-13/h8,11H,5-7H2,1-4H3,(H2,16,17,21). The lowest BCUT2D eigenvalue weighted by Gasteiger charge is -2.14. The van der Waals surface area contributed by atoms with Crippen LogP contribution in [0, 0.1) is 13.8 Å². The number of amides is 2. The number of hydrogen-bond acceptors (Lipinski definition) is 5. The van der Waals surface area contributed by atoms with E-state index in [1.807, 2.05) is 19.9 Å². The third-order valence-electron chi connectivity index (χ3n) is 3.13. The van der Waals surface area contributed by atoms with Crippen LogP contribution in [0.2, 0.25) is 0 Å². The predicted molar refractivity (Wildman–Crippen MR) is 81.5 cm³/mol. The summed E-state index contributed by atoms with van der Waals surface area (Å²) in [5, 5.41) is 13.7. The molecule has 0 saturated heterocycles. The Morgan fingerprint density at radius 1 is 1.41 bits per heavy atom. The van der Waals surface area contributed by atoms with Crippen LogP contribution in [0.25, 0.3) is 0 Å². The summed E-state index contributed by atoms with van der Waals surface area (Å²) in [4.78, 5) is 16.3. The van der Waals surface area contributed by atoms with Gasteiger partial charge in [-0.05, 0) is 26.7 Å². The van der Waals surface area contributed by atoms with Crippen molar-refractivity contribution in [3.05, 3.63) is 23.5 Å². The first kappa shape index (κ1) is 16.0. The Kier molecular flexibility index (Phi) is 5.13. The van der Waals surface area contributed by atoms with E-state index in [1.54, 1.807) is 11.6 Å². The Morgan fingerprint density at radius 2 is 2.18 bits per heavy atom. The Labute approximate surface area is 129 Å². The number of anilines is 1. The van der Waals surface area contributed by atoms with Crippen LogP contribution in [0.4, 0.5) is 10.6 Å². The lowest BCUT2D eigenvalue weighted by atomic mass is 10.2. The molecular formula is C14H22N6O2. The van der Waals surface area contributed by atoms with Gasteiger partial charge in [-0.2, -0.15) is 10.1 Å². The highest BCUT2D eigenvalue weighted by molar-refractivity contribution is 5.88. The minimum atomic E-state index is -0.319. The van der Waals surface area contributed by atoms with Crippen molar-refractivity contribution < 1.29 is 9.32 Å². The molecule has 2 heterocycles. The maximum absolute atomic E-state index is 12.2. The highest BCUT2D eigenvalue weighted by Gasteiger charge is 2.19. The largest absolute Gasteiger partial charge is 0.337 e. The summed E-state index contributed by atoms with van der Waals surface area (Å²) in [6.07, 6.45) is 1.60. The number of nitrogens with zero attached hydrogens (tertiary/aromatic N) is 4. The zero-order valence-electron chi connectivity index (χ0n) is 13.4. The van der Waals surface area contributed by atoms with Gasteiger partial charge in [-0.3, -0.25) is 5.32 Å². The van der Waals surface area contributed by atoms with Crippen molar-refractivity contribution in [2.24, 2.45) is 0 Å². The number of aryl methyl sites for hydroxylation is 3. The average molecular weight is 306 g/mol. The molecule has 2 rings (SSSR count). The third-order valence-corrected chi connectivity index (χ3v) is 3.13. The van der Waals surface area contributed by atoms with Crippen molar-refractivity contribution in [3.63, 3.8) is 0 Å². The van der Waals surface area contributed by atoms with Crippen molar-refractivity contribution in [3.8, 4) is 0 Å². The van der Waals surface area contributed by atoms with E-state index in [1.165, 1.54) is 0 Å². The van der Waals surface area contributed by atoms with E-state index >= 15 is 0 Å². The van der Waals surface area contributed by atoms with Gasteiger partial charge >= 0.3 is 6.03 Å². The lowest BCUT2D eigenvalue weighted by molar-refractivity contribution is 0.243. The summed E-state index contributed by atoms with van der Waals surface area (Å²) in [5.74, 6) is 1.63. The molecule has 0 bridgehead atoms. The maximum atomic E-state index is 12.2. The molecule has 8 heteroatoms. The normalized spacial score (nSPS) is 12.2. The first-order chi connectivity index (χ1) is 10.5. The molecule has 0 saturated carbocycles. The molecule has 120 valence electrons. The minimum absolute atomic E-state index is 0.315. The molecule has 0 fully saturated rings. The molecule has 2 N–H and O–H groups in total. The Balaban J connectivity index is 2.02. The van der Waals surface area contributed by atoms with Gasteiger partial charge in [0, 0.05) is 12.6 Å². The number of carbonyl (C=O) groups is 1. The highest BCUT2D eigenvalue weighted by atomic mass is 16.5. The van der Waals surface area contributed by atoms with E-state index in [2.05, 4.69) is 32.8 Å². The summed E-state index contributed by atoms with van der Waals surface area (Å²) in [6, 6.07) is 1.21. The van der Waals surface area contributed by atoms with Gasteiger partial charge in [-0.1, -0.05) is 19.0 Å². The molecule has 0 aliphatic carbocycles. The molecule has 0 spiro atoms. The van der Waals surface area contributed by atoms with Crippen molar-refractivity contribution in [2.75, 3.05) is 5.32 Å². The molecule has 2 amide bonds. The smallest absolute Gasteiger partial charge is 0.321 e. The van der Waals surface area contributed by atoms with E-state index in [0.717, 1.165) is 18.7 Å². The van der Waals surface area contributed by atoms with E-state index in [-0.39, 0.29) is 12.1 Å². The van der Waals surface area contributed by atoms with Gasteiger partial charge in [0.15, 0.2) is 5.82 Å². The molecule has 8 nitrogen and oxygen atoms in total. The summed E-state index contributed by atoms with van der Waals surface area (Å²) in [5.41, 5.74) is 0.864. The second-order valence-electron chi connectivity index (χ2n) is 5.13. The fourth-order valence-corrected chi connectivity index (χ4v) is 2.13. The molecule has 0 aliphatic heterocycles. The summed E-state index contributed by atoms with van der Waals surface area (Å²) in [7, 11) is 0. The average Bonchev–Trinajstić information content (AvgIpc) is 3.03. The Morgan fingerprint density at radius 3 is 2.77 bits per heavy atom. The van der Waals surface area contributed by atoms with Crippen LogP contribution in [-0.2, 0) is 6.54 Å². The topological polar surface area (TPSA) is 97.9 Å². The van der Waals surface area contributed by atoms with Gasteiger partial charge in [0.25, 0.3) is 0 Å². The van der Waals surface area contributed by atoms with Gasteiger partial charge in [-0.15, -0.1) is 0 Å². The molecule has 2 aromatic rings. The molecule has 2 aromatic heterocycles. The van der Waals surface area contributed by atoms with E-state index < -0.39 is 0 Å². The second kappa shape index (κ2) is 7.06. The number of rotatable bonds is 6. The monoisotopic (exact) mass is 306 g/mol. The molecule has 22 heavy (non-hydrogen) atoms. The van der Waals surface area contributed by atoms with Crippen molar-refractivity contribution in [1.82, 2.24) is 25.2 Å². The molecule has 1 atom stereocenters. The van der Waals surface area contributed by atoms with Crippen molar-refractivity contribution in [2.45, 2.75) is 53.1 Å². The van der Waals surface area contributed by atoms with Gasteiger partial charge in [0.05, 0.1) is 5.69 Å². The maximum Gasteiger partial charge on any atom is 0.321 e. The Hall–Kier alpha value is -2.38. The zero-order chi connectivity index (χ0) is 16.1. The van der Waals surface area contributed by atoms with Gasteiger partial charge in [-0.25, -0.2) is 9.48 Å². The second-order valence-corrected chi connectivity index (χ2v) is 5.13. The zero-order valence-corrected chi connectivity index (χ0v) is 13.4.